The number of para-hydroxylation sites is 1. The van der Waals surface area contributed by atoms with Gasteiger partial charge in [0, 0.05) is 27.8 Å². The standard InChI is InChI=1S/C52H35NO/c1-2-10-36(11-3-1)38-22-28-45(29-23-38)53(47-32-26-40(27-33-47)48-17-9-19-51-52(48)49-16-6-7-18-50(49)54-51)46-30-24-39(25-31-46)42-14-8-15-43(34-42)44-21-20-37-12-4-5-13-41(37)35-44/h1-35H. The Morgan fingerprint density at radius 2 is 0.778 bits per heavy atom. The molecule has 2 heteroatoms. The predicted octanol–water partition coefficient (Wildman–Crippen LogP) is 14.9. The summed E-state index contributed by atoms with van der Waals surface area (Å²) in [6.07, 6.45) is 0. The zero-order valence-electron chi connectivity index (χ0n) is 29.6. The van der Waals surface area contributed by atoms with Crippen LogP contribution >= 0.6 is 0 Å². The highest BCUT2D eigenvalue weighted by atomic mass is 16.3. The lowest BCUT2D eigenvalue weighted by Gasteiger charge is -2.26. The Hall–Kier alpha value is -7.16. The third-order valence-corrected chi connectivity index (χ3v) is 10.5. The summed E-state index contributed by atoms with van der Waals surface area (Å²) in [5.41, 5.74) is 14.6. The van der Waals surface area contributed by atoms with Gasteiger partial charge in [0.1, 0.15) is 11.2 Å². The molecule has 54 heavy (non-hydrogen) atoms. The van der Waals surface area contributed by atoms with Crippen molar-refractivity contribution in [2.24, 2.45) is 0 Å². The minimum absolute atomic E-state index is 0.904. The zero-order chi connectivity index (χ0) is 35.8. The number of furan rings is 1. The fraction of sp³-hybridized carbons (Fsp3) is 0. The Bertz CT molecular complexity index is 2900. The maximum Gasteiger partial charge on any atom is 0.136 e. The summed E-state index contributed by atoms with van der Waals surface area (Å²) in [4.78, 5) is 2.33. The van der Waals surface area contributed by atoms with Gasteiger partial charge in [0.25, 0.3) is 0 Å². The molecule has 0 aliphatic carbocycles. The molecule has 9 aromatic carbocycles. The van der Waals surface area contributed by atoms with E-state index in [4.69, 9.17) is 4.42 Å². The molecule has 0 aliphatic rings. The Kier molecular flexibility index (Phi) is 7.85. The van der Waals surface area contributed by atoms with Crippen molar-refractivity contribution in [3.63, 3.8) is 0 Å². The highest BCUT2D eigenvalue weighted by Crippen LogP contribution is 2.40. The molecule has 1 aromatic heterocycles. The second kappa shape index (κ2) is 13.4. The number of benzene rings is 9. The van der Waals surface area contributed by atoms with E-state index < -0.39 is 0 Å². The van der Waals surface area contributed by atoms with Gasteiger partial charge in [-0.25, -0.2) is 0 Å². The minimum atomic E-state index is 0.904. The molecule has 0 aliphatic heterocycles. The van der Waals surface area contributed by atoms with E-state index in [1.165, 1.54) is 44.2 Å². The van der Waals surface area contributed by atoms with Gasteiger partial charge in [-0.3, -0.25) is 0 Å². The Labute approximate surface area is 314 Å². The van der Waals surface area contributed by atoms with Crippen molar-refractivity contribution >= 4 is 49.8 Å². The molecule has 0 amide bonds. The molecule has 10 aromatic rings. The molecule has 0 radical (unpaired) electrons. The van der Waals surface area contributed by atoms with Gasteiger partial charge in [0.15, 0.2) is 0 Å². The summed E-state index contributed by atoms with van der Waals surface area (Å²) in [5.74, 6) is 0. The van der Waals surface area contributed by atoms with Crippen molar-refractivity contribution in [1.29, 1.82) is 0 Å². The molecule has 10 rings (SSSR count). The summed E-state index contributed by atoms with van der Waals surface area (Å²) in [5, 5.41) is 4.79. The number of hydrogen-bond donors (Lipinski definition) is 0. The molecule has 0 saturated heterocycles. The van der Waals surface area contributed by atoms with E-state index in [2.05, 4.69) is 205 Å². The van der Waals surface area contributed by atoms with Crippen LogP contribution in [-0.2, 0) is 0 Å². The predicted molar refractivity (Wildman–Crippen MR) is 228 cm³/mol. The monoisotopic (exact) mass is 689 g/mol. The minimum Gasteiger partial charge on any atom is -0.456 e. The summed E-state index contributed by atoms with van der Waals surface area (Å²) >= 11 is 0. The first-order chi connectivity index (χ1) is 26.7. The van der Waals surface area contributed by atoms with E-state index in [0.29, 0.717) is 0 Å². The van der Waals surface area contributed by atoms with Crippen LogP contribution in [0.5, 0.6) is 0 Å². The smallest absolute Gasteiger partial charge is 0.136 e. The van der Waals surface area contributed by atoms with E-state index in [1.807, 2.05) is 12.1 Å². The van der Waals surface area contributed by atoms with E-state index in [1.54, 1.807) is 0 Å². The van der Waals surface area contributed by atoms with Crippen molar-refractivity contribution in [3.05, 3.63) is 212 Å². The molecule has 0 bridgehead atoms. The first kappa shape index (κ1) is 31.6. The van der Waals surface area contributed by atoms with E-state index in [0.717, 1.165) is 50.1 Å². The van der Waals surface area contributed by atoms with Crippen molar-refractivity contribution < 1.29 is 4.42 Å². The fourth-order valence-corrected chi connectivity index (χ4v) is 7.74. The number of nitrogens with zero attached hydrogens (tertiary/aromatic N) is 1. The van der Waals surface area contributed by atoms with E-state index in [9.17, 15) is 0 Å². The molecule has 1 heterocycles. The SMILES string of the molecule is c1ccc(-c2ccc(N(c3ccc(-c4cccc(-c5ccc6ccccc6c5)c4)cc3)c3ccc(-c4cccc5oc6ccccc6c45)cc3)cc2)cc1. The summed E-state index contributed by atoms with van der Waals surface area (Å²) < 4.78 is 6.21. The van der Waals surface area contributed by atoms with Crippen LogP contribution in [0.3, 0.4) is 0 Å². The molecule has 0 fully saturated rings. The van der Waals surface area contributed by atoms with Crippen LogP contribution in [0.4, 0.5) is 17.1 Å². The van der Waals surface area contributed by atoms with Gasteiger partial charge in [0.2, 0.25) is 0 Å². The van der Waals surface area contributed by atoms with Crippen LogP contribution in [-0.4, -0.2) is 0 Å². The van der Waals surface area contributed by atoms with Crippen molar-refractivity contribution in [3.8, 4) is 44.5 Å². The lowest BCUT2D eigenvalue weighted by Crippen LogP contribution is -2.09. The Balaban J connectivity index is 1.02. The van der Waals surface area contributed by atoms with E-state index in [-0.39, 0.29) is 0 Å². The molecule has 2 nitrogen and oxygen atoms in total. The van der Waals surface area contributed by atoms with Crippen LogP contribution in [0.15, 0.2) is 217 Å². The number of fused-ring (bicyclic) bond motifs is 4. The van der Waals surface area contributed by atoms with Crippen molar-refractivity contribution in [2.45, 2.75) is 0 Å². The highest BCUT2D eigenvalue weighted by molar-refractivity contribution is 6.12. The first-order valence-electron chi connectivity index (χ1n) is 18.4. The number of rotatable bonds is 7. The number of hydrogen-bond acceptors (Lipinski definition) is 2. The van der Waals surface area contributed by atoms with Gasteiger partial charge < -0.3 is 9.32 Å². The van der Waals surface area contributed by atoms with Gasteiger partial charge in [-0.05, 0) is 116 Å². The van der Waals surface area contributed by atoms with Crippen molar-refractivity contribution in [2.75, 3.05) is 4.90 Å². The highest BCUT2D eigenvalue weighted by Gasteiger charge is 2.16. The average Bonchev–Trinajstić information content (AvgIpc) is 3.64. The maximum atomic E-state index is 6.21. The molecule has 0 unspecified atom stereocenters. The molecule has 0 N–H and O–H groups in total. The lowest BCUT2D eigenvalue weighted by molar-refractivity contribution is 0.669. The molecule has 0 spiro atoms. The molecular weight excluding hydrogens is 655 g/mol. The van der Waals surface area contributed by atoms with Gasteiger partial charge in [0.05, 0.1) is 0 Å². The molecule has 0 atom stereocenters. The van der Waals surface area contributed by atoms with Crippen LogP contribution in [0.25, 0.3) is 77.2 Å². The normalized spacial score (nSPS) is 11.3. The van der Waals surface area contributed by atoms with Crippen LogP contribution in [0.2, 0.25) is 0 Å². The second-order valence-electron chi connectivity index (χ2n) is 13.8. The quantitative estimate of drug-likeness (QED) is 0.166. The molecular formula is C52H35NO. The largest absolute Gasteiger partial charge is 0.456 e. The van der Waals surface area contributed by atoms with Gasteiger partial charge in [-0.2, -0.15) is 0 Å². The van der Waals surface area contributed by atoms with Crippen LogP contribution in [0, 0.1) is 0 Å². The third-order valence-electron chi connectivity index (χ3n) is 10.5. The molecule has 0 saturated carbocycles. The molecule has 254 valence electrons. The fourth-order valence-electron chi connectivity index (χ4n) is 7.74. The summed E-state index contributed by atoms with van der Waals surface area (Å²) in [6, 6.07) is 75.9. The lowest BCUT2D eigenvalue weighted by atomic mass is 9.97. The zero-order valence-corrected chi connectivity index (χ0v) is 29.6. The first-order valence-corrected chi connectivity index (χ1v) is 18.4. The Morgan fingerprint density at radius 3 is 1.50 bits per heavy atom. The van der Waals surface area contributed by atoms with Crippen molar-refractivity contribution in [1.82, 2.24) is 0 Å². The van der Waals surface area contributed by atoms with Gasteiger partial charge in [-0.1, -0.05) is 152 Å². The van der Waals surface area contributed by atoms with Gasteiger partial charge >= 0.3 is 0 Å². The van der Waals surface area contributed by atoms with E-state index >= 15 is 0 Å². The summed E-state index contributed by atoms with van der Waals surface area (Å²) in [7, 11) is 0. The Morgan fingerprint density at radius 1 is 0.296 bits per heavy atom. The van der Waals surface area contributed by atoms with Crippen LogP contribution < -0.4 is 4.90 Å². The van der Waals surface area contributed by atoms with Gasteiger partial charge in [-0.15, -0.1) is 0 Å². The second-order valence-corrected chi connectivity index (χ2v) is 13.8. The average molecular weight is 690 g/mol. The third kappa shape index (κ3) is 5.81. The van der Waals surface area contributed by atoms with Crippen LogP contribution in [0.1, 0.15) is 0 Å². The maximum absolute atomic E-state index is 6.21. The number of anilines is 3. The topological polar surface area (TPSA) is 16.4 Å². The summed E-state index contributed by atoms with van der Waals surface area (Å²) in [6.45, 7) is 0.